The van der Waals surface area contributed by atoms with Gasteiger partial charge in [-0.05, 0) is 42.9 Å². The van der Waals surface area contributed by atoms with Gasteiger partial charge < -0.3 is 9.47 Å². The first kappa shape index (κ1) is 24.6. The molecule has 1 saturated carbocycles. The summed E-state index contributed by atoms with van der Waals surface area (Å²) in [4.78, 5) is 20.6. The predicted molar refractivity (Wildman–Crippen MR) is 140 cm³/mol. The fourth-order valence-electron chi connectivity index (χ4n) is 5.45. The Bertz CT molecular complexity index is 1490. The summed E-state index contributed by atoms with van der Waals surface area (Å²) >= 11 is 0. The van der Waals surface area contributed by atoms with Crippen molar-refractivity contribution in [3.8, 4) is 22.8 Å². The molecule has 0 saturated heterocycles. The molecule has 1 aliphatic heterocycles. The van der Waals surface area contributed by atoms with Gasteiger partial charge >= 0.3 is 6.18 Å². The normalized spacial score (nSPS) is 16.2. The Morgan fingerprint density at radius 2 is 1.76 bits per heavy atom. The van der Waals surface area contributed by atoms with Crippen LogP contribution in [0.25, 0.3) is 22.8 Å². The smallest absolute Gasteiger partial charge is 0.352 e. The maximum absolute atomic E-state index is 13.1. The van der Waals surface area contributed by atoms with Crippen LogP contribution >= 0.6 is 0 Å². The molecule has 38 heavy (non-hydrogen) atoms. The van der Waals surface area contributed by atoms with Gasteiger partial charge in [0.1, 0.15) is 11.6 Å². The SMILES string of the molecule is CC(C)c1ncccc1-c1ncc2c(n1)N(Cc1ccc(-c3nc(C(F)(F)F)cn3C)cc1)CCC21CC1. The molecule has 9 heteroatoms. The second-order valence-electron chi connectivity index (χ2n) is 10.7. The lowest BCUT2D eigenvalue weighted by atomic mass is 9.89. The number of alkyl halides is 3. The van der Waals surface area contributed by atoms with E-state index in [1.54, 1.807) is 13.2 Å². The number of pyridine rings is 1. The van der Waals surface area contributed by atoms with E-state index in [4.69, 9.17) is 9.97 Å². The Morgan fingerprint density at radius 3 is 2.42 bits per heavy atom. The molecule has 0 bridgehead atoms. The zero-order valence-electron chi connectivity index (χ0n) is 21.6. The Balaban J connectivity index is 1.30. The summed E-state index contributed by atoms with van der Waals surface area (Å²) in [5, 5.41) is 0. The van der Waals surface area contributed by atoms with Crippen molar-refractivity contribution in [2.45, 2.75) is 57.2 Å². The summed E-state index contributed by atoms with van der Waals surface area (Å²) < 4.78 is 40.7. The molecule has 1 aliphatic carbocycles. The van der Waals surface area contributed by atoms with Gasteiger partial charge in [0.15, 0.2) is 11.5 Å². The van der Waals surface area contributed by atoms with E-state index in [0.717, 1.165) is 41.8 Å². The van der Waals surface area contributed by atoms with Gasteiger partial charge in [0.05, 0.1) is 5.69 Å². The highest BCUT2D eigenvalue weighted by molar-refractivity contribution is 5.65. The lowest BCUT2D eigenvalue weighted by Crippen LogP contribution is -2.34. The summed E-state index contributed by atoms with van der Waals surface area (Å²) in [6, 6.07) is 11.5. The van der Waals surface area contributed by atoms with Gasteiger partial charge in [0.25, 0.3) is 0 Å². The van der Waals surface area contributed by atoms with Crippen molar-refractivity contribution in [1.29, 1.82) is 0 Å². The van der Waals surface area contributed by atoms with E-state index in [2.05, 4.69) is 28.7 Å². The maximum atomic E-state index is 13.1. The van der Waals surface area contributed by atoms with E-state index in [9.17, 15) is 13.2 Å². The number of imidazole rings is 1. The van der Waals surface area contributed by atoms with E-state index >= 15 is 0 Å². The van der Waals surface area contributed by atoms with Crippen LogP contribution in [0.15, 0.2) is 55.0 Å². The minimum Gasteiger partial charge on any atom is -0.352 e. The van der Waals surface area contributed by atoms with Crippen molar-refractivity contribution in [3.63, 3.8) is 0 Å². The van der Waals surface area contributed by atoms with Gasteiger partial charge in [-0.15, -0.1) is 0 Å². The van der Waals surface area contributed by atoms with Crippen LogP contribution in [0.4, 0.5) is 19.0 Å². The molecule has 0 atom stereocenters. The Kier molecular flexibility index (Phi) is 5.77. The minimum absolute atomic E-state index is 0.193. The van der Waals surface area contributed by atoms with Gasteiger partial charge in [-0.25, -0.2) is 15.0 Å². The summed E-state index contributed by atoms with van der Waals surface area (Å²) in [6.45, 7) is 5.78. The third kappa shape index (κ3) is 4.33. The summed E-state index contributed by atoms with van der Waals surface area (Å²) in [5.74, 6) is 2.20. The van der Waals surface area contributed by atoms with Gasteiger partial charge in [0, 0.05) is 60.8 Å². The molecular formula is C29H29F3N6. The monoisotopic (exact) mass is 518 g/mol. The summed E-state index contributed by atoms with van der Waals surface area (Å²) in [5.41, 5.74) is 4.16. The van der Waals surface area contributed by atoms with Crippen molar-refractivity contribution >= 4 is 5.82 Å². The Morgan fingerprint density at radius 1 is 1.00 bits per heavy atom. The largest absolute Gasteiger partial charge is 0.434 e. The molecule has 6 nitrogen and oxygen atoms in total. The maximum Gasteiger partial charge on any atom is 0.434 e. The quantitative estimate of drug-likeness (QED) is 0.301. The second-order valence-corrected chi connectivity index (χ2v) is 10.7. The lowest BCUT2D eigenvalue weighted by Gasteiger charge is -2.35. The van der Waals surface area contributed by atoms with Crippen molar-refractivity contribution < 1.29 is 13.2 Å². The molecule has 0 N–H and O–H groups in total. The van der Waals surface area contributed by atoms with Crippen molar-refractivity contribution in [2.24, 2.45) is 7.05 Å². The average molecular weight is 519 g/mol. The molecule has 1 fully saturated rings. The number of nitrogens with zero attached hydrogens (tertiary/aromatic N) is 6. The van der Waals surface area contributed by atoms with E-state index in [1.807, 2.05) is 42.6 Å². The van der Waals surface area contributed by atoms with Crippen LogP contribution in [0.5, 0.6) is 0 Å². The van der Waals surface area contributed by atoms with Crippen LogP contribution in [0, 0.1) is 0 Å². The van der Waals surface area contributed by atoms with Crippen LogP contribution < -0.4 is 4.90 Å². The van der Waals surface area contributed by atoms with E-state index in [-0.39, 0.29) is 17.2 Å². The van der Waals surface area contributed by atoms with Crippen LogP contribution in [0.3, 0.4) is 0 Å². The lowest BCUT2D eigenvalue weighted by molar-refractivity contribution is -0.140. The first-order valence-electron chi connectivity index (χ1n) is 12.9. The molecule has 196 valence electrons. The van der Waals surface area contributed by atoms with Crippen LogP contribution in [-0.2, 0) is 25.2 Å². The number of aryl methyl sites for hydroxylation is 1. The molecule has 3 aromatic heterocycles. The van der Waals surface area contributed by atoms with Crippen molar-refractivity contribution in [2.75, 3.05) is 11.4 Å². The first-order chi connectivity index (χ1) is 18.1. The summed E-state index contributed by atoms with van der Waals surface area (Å²) in [7, 11) is 1.58. The molecule has 0 radical (unpaired) electrons. The highest BCUT2D eigenvalue weighted by Gasteiger charge is 2.49. The molecular weight excluding hydrogens is 489 g/mol. The zero-order valence-corrected chi connectivity index (χ0v) is 21.6. The molecule has 6 rings (SSSR count). The highest BCUT2D eigenvalue weighted by Crippen LogP contribution is 2.56. The van der Waals surface area contributed by atoms with Crippen molar-refractivity contribution in [3.05, 3.63) is 77.5 Å². The standard InChI is InChI=1S/C29H29F3N6/c1-18(2)24-21(5-4-13-33-24)25-34-15-22-27(36-25)38(14-12-28(22)10-11-28)16-19-6-8-20(9-7-19)26-35-23(17-37(26)3)29(30,31)32/h4-9,13,15,17-18H,10-12,14,16H2,1-3H3. The molecule has 4 aromatic rings. The van der Waals surface area contributed by atoms with Crippen molar-refractivity contribution in [1.82, 2.24) is 24.5 Å². The zero-order chi connectivity index (χ0) is 26.7. The summed E-state index contributed by atoms with van der Waals surface area (Å²) in [6.07, 6.45) is 3.77. The fraction of sp³-hybridized carbons (Fsp3) is 0.379. The second kappa shape index (κ2) is 8.92. The molecule has 1 spiro atoms. The average Bonchev–Trinajstić information content (AvgIpc) is 3.57. The van der Waals surface area contributed by atoms with Crippen LogP contribution in [0.1, 0.15) is 61.5 Å². The van der Waals surface area contributed by atoms with E-state index in [0.29, 0.717) is 17.9 Å². The number of fused-ring (bicyclic) bond motifs is 2. The van der Waals surface area contributed by atoms with Gasteiger partial charge in [-0.3, -0.25) is 4.98 Å². The van der Waals surface area contributed by atoms with Crippen LogP contribution in [-0.4, -0.2) is 31.0 Å². The van der Waals surface area contributed by atoms with Crippen LogP contribution in [0.2, 0.25) is 0 Å². The highest BCUT2D eigenvalue weighted by atomic mass is 19.4. The first-order valence-corrected chi connectivity index (χ1v) is 12.9. The Hall–Kier alpha value is -3.75. The molecule has 1 aromatic carbocycles. The fourth-order valence-corrected chi connectivity index (χ4v) is 5.45. The predicted octanol–water partition coefficient (Wildman–Crippen LogP) is 6.52. The Labute approximate surface area is 219 Å². The number of rotatable bonds is 5. The molecule has 0 unspecified atom stereocenters. The third-order valence-corrected chi connectivity index (χ3v) is 7.73. The third-order valence-electron chi connectivity index (χ3n) is 7.73. The number of aromatic nitrogens is 5. The minimum atomic E-state index is -4.47. The molecule has 2 aliphatic rings. The number of halogens is 3. The number of hydrogen-bond donors (Lipinski definition) is 0. The molecule has 4 heterocycles. The number of benzene rings is 1. The van der Waals surface area contributed by atoms with E-state index in [1.165, 1.54) is 23.0 Å². The topological polar surface area (TPSA) is 59.7 Å². The molecule has 0 amide bonds. The van der Waals surface area contributed by atoms with Gasteiger partial charge in [-0.1, -0.05) is 38.1 Å². The number of hydrogen-bond acceptors (Lipinski definition) is 5. The number of anilines is 1. The van der Waals surface area contributed by atoms with E-state index < -0.39 is 11.9 Å². The van der Waals surface area contributed by atoms with Gasteiger partial charge in [-0.2, -0.15) is 13.2 Å². The van der Waals surface area contributed by atoms with Gasteiger partial charge in [0.2, 0.25) is 0 Å².